The van der Waals surface area contributed by atoms with Crippen LogP contribution in [0.2, 0.25) is 0 Å². The van der Waals surface area contributed by atoms with Crippen LogP contribution in [0.1, 0.15) is 55.1 Å². The van der Waals surface area contributed by atoms with Crippen LogP contribution in [-0.2, 0) is 11.3 Å². The van der Waals surface area contributed by atoms with E-state index in [0.717, 1.165) is 11.3 Å². The molecule has 44 heavy (non-hydrogen) atoms. The Bertz CT molecular complexity index is 1490. The molecule has 5 N–H and O–H groups in total. The summed E-state index contributed by atoms with van der Waals surface area (Å²) < 4.78 is 16.0. The first-order valence-electron chi connectivity index (χ1n) is 14.7. The third-order valence-electron chi connectivity index (χ3n) is 6.93. The molecule has 4 rings (SSSR count). The molecule has 4 aromatic rings. The van der Waals surface area contributed by atoms with Crippen LogP contribution in [-0.4, -0.2) is 58.1 Å². The average Bonchev–Trinajstić information content (AvgIpc) is 3.33. The zero-order chi connectivity index (χ0) is 32.2. The first kappa shape index (κ1) is 34.2. The van der Waals surface area contributed by atoms with Crippen LogP contribution in [0.3, 0.4) is 0 Å². The number of benzene rings is 3. The number of anilines is 1. The van der Waals surface area contributed by atoms with Gasteiger partial charge >= 0.3 is 5.97 Å². The van der Waals surface area contributed by atoms with Crippen molar-refractivity contribution in [2.75, 3.05) is 19.4 Å². The van der Waals surface area contributed by atoms with Gasteiger partial charge in [-0.1, -0.05) is 62.4 Å². The summed E-state index contributed by atoms with van der Waals surface area (Å²) in [4.78, 5) is 25.0. The molecule has 0 aliphatic carbocycles. The normalized spacial score (nSPS) is 12.3. The van der Waals surface area contributed by atoms with Crippen LogP contribution in [0.15, 0.2) is 84.9 Å². The molecule has 2 atom stereocenters. The molecule has 0 spiro atoms. The third-order valence-corrected chi connectivity index (χ3v) is 6.93. The predicted molar refractivity (Wildman–Crippen MR) is 172 cm³/mol. The molecule has 8 nitrogen and oxygen atoms in total. The van der Waals surface area contributed by atoms with Crippen molar-refractivity contribution < 1.29 is 29.3 Å². The van der Waals surface area contributed by atoms with E-state index in [2.05, 4.69) is 10.6 Å². The first-order valence-corrected chi connectivity index (χ1v) is 14.7. The second-order valence-electron chi connectivity index (χ2n) is 10.9. The highest BCUT2D eigenvalue weighted by molar-refractivity contribution is 6.12. The Morgan fingerprint density at radius 1 is 0.841 bits per heavy atom. The molecule has 9 heteroatoms. The van der Waals surface area contributed by atoms with E-state index < -0.39 is 24.6 Å². The Hall–Kier alpha value is -4.31. The van der Waals surface area contributed by atoms with E-state index in [1.54, 1.807) is 12.1 Å². The van der Waals surface area contributed by atoms with Gasteiger partial charge in [0.05, 0.1) is 29.9 Å². The molecule has 0 saturated carbocycles. The summed E-state index contributed by atoms with van der Waals surface area (Å²) in [5, 5.41) is 35.5. The Morgan fingerprint density at radius 2 is 1.41 bits per heavy atom. The van der Waals surface area contributed by atoms with Gasteiger partial charge in [-0.05, 0) is 80.4 Å². The second kappa shape index (κ2) is 16.5. The first-order chi connectivity index (χ1) is 21.1. The monoisotopic (exact) mass is 603 g/mol. The number of amides is 1. The van der Waals surface area contributed by atoms with Gasteiger partial charge in [0.15, 0.2) is 0 Å². The molecule has 0 aliphatic rings. The SMILES string of the molecule is CC(C)c1c(C(=O)Nc2ccccc2)c(-c2ccccc2)c(-c2ccc(F)cc2)n1CC[C@@H](O)C[C@@H](O)CC(=O)O.CNC. The highest BCUT2D eigenvalue weighted by Crippen LogP contribution is 2.42. The molecule has 1 amide bonds. The van der Waals surface area contributed by atoms with E-state index in [1.807, 2.05) is 93.2 Å². The Morgan fingerprint density at radius 3 is 1.95 bits per heavy atom. The van der Waals surface area contributed by atoms with E-state index in [4.69, 9.17) is 5.11 Å². The van der Waals surface area contributed by atoms with Gasteiger partial charge in [0.25, 0.3) is 5.91 Å². The number of nitrogens with zero attached hydrogens (tertiary/aromatic N) is 1. The van der Waals surface area contributed by atoms with Gasteiger partial charge < -0.3 is 30.5 Å². The van der Waals surface area contributed by atoms with Crippen molar-refractivity contribution in [1.29, 1.82) is 0 Å². The van der Waals surface area contributed by atoms with E-state index >= 15 is 0 Å². The lowest BCUT2D eigenvalue weighted by molar-refractivity contribution is -0.139. The van der Waals surface area contributed by atoms with Crippen molar-refractivity contribution in [3.8, 4) is 22.4 Å². The predicted octanol–water partition coefficient (Wildman–Crippen LogP) is 6.15. The van der Waals surface area contributed by atoms with Crippen LogP contribution >= 0.6 is 0 Å². The zero-order valence-corrected chi connectivity index (χ0v) is 25.6. The van der Waals surface area contributed by atoms with Gasteiger partial charge in [-0.15, -0.1) is 0 Å². The number of aromatic nitrogens is 1. The van der Waals surface area contributed by atoms with Gasteiger partial charge in [0, 0.05) is 23.5 Å². The van der Waals surface area contributed by atoms with E-state index in [0.29, 0.717) is 28.1 Å². The molecule has 234 valence electrons. The maximum absolute atomic E-state index is 14.0. The molecular weight excluding hydrogens is 561 g/mol. The van der Waals surface area contributed by atoms with Gasteiger partial charge in [0.1, 0.15) is 5.82 Å². The van der Waals surface area contributed by atoms with E-state index in [1.165, 1.54) is 12.1 Å². The van der Waals surface area contributed by atoms with E-state index in [-0.39, 0.29) is 37.0 Å². The van der Waals surface area contributed by atoms with Crippen LogP contribution < -0.4 is 10.6 Å². The lowest BCUT2D eigenvalue weighted by Gasteiger charge is -2.20. The molecule has 0 saturated heterocycles. The molecule has 3 aromatic carbocycles. The molecule has 0 bridgehead atoms. The summed E-state index contributed by atoms with van der Waals surface area (Å²) in [7, 11) is 3.75. The minimum atomic E-state index is -1.18. The number of halogens is 1. The summed E-state index contributed by atoms with van der Waals surface area (Å²) in [5.74, 6) is -1.93. The van der Waals surface area contributed by atoms with Gasteiger partial charge in [-0.3, -0.25) is 9.59 Å². The number of aliphatic hydroxyl groups excluding tert-OH is 2. The molecule has 0 radical (unpaired) electrons. The fraction of sp³-hybridized carbons (Fsp3) is 0.314. The number of aliphatic hydroxyl groups is 2. The highest BCUT2D eigenvalue weighted by Gasteiger charge is 2.31. The fourth-order valence-electron chi connectivity index (χ4n) is 5.20. The Kier molecular flexibility index (Phi) is 12.8. The topological polar surface area (TPSA) is 124 Å². The number of carboxylic acids is 1. The lowest BCUT2D eigenvalue weighted by atomic mass is 9.94. The fourth-order valence-corrected chi connectivity index (χ4v) is 5.20. The Balaban J connectivity index is 0.00000169. The van der Waals surface area contributed by atoms with Crippen LogP contribution in [0.5, 0.6) is 0 Å². The second-order valence-corrected chi connectivity index (χ2v) is 10.9. The number of carbonyl (C=O) groups is 2. The van der Waals surface area contributed by atoms with E-state index in [9.17, 15) is 24.2 Å². The quantitative estimate of drug-likeness (QED) is 0.132. The summed E-state index contributed by atoms with van der Waals surface area (Å²) in [5.41, 5.74) is 4.77. The van der Waals surface area contributed by atoms with Crippen LogP contribution in [0, 0.1) is 5.82 Å². The van der Waals surface area contributed by atoms with Crippen molar-refractivity contribution in [1.82, 2.24) is 9.88 Å². The molecule has 0 fully saturated rings. The smallest absolute Gasteiger partial charge is 0.305 e. The highest BCUT2D eigenvalue weighted by atomic mass is 19.1. The summed E-state index contributed by atoms with van der Waals surface area (Å²) in [6.45, 7) is 4.25. The average molecular weight is 604 g/mol. The standard InChI is InChI=1S/C33H35FN2O5.C2H7N/c1-21(2)31-30(33(41)35-25-11-7-4-8-12-25)29(22-9-5-3-6-10-22)32(23-13-15-24(34)16-14-23)36(31)18-17-26(37)19-27(38)20-28(39)40;1-3-2/h3-16,21,26-27,37-38H,17-20H2,1-2H3,(H,35,41)(H,39,40);3H,1-2H3/t26-,27-;/m1./s1. The number of para-hydroxylation sites is 1. The summed E-state index contributed by atoms with van der Waals surface area (Å²) in [6, 6.07) is 24.8. The lowest BCUT2D eigenvalue weighted by Crippen LogP contribution is -2.22. The largest absolute Gasteiger partial charge is 0.481 e. The minimum absolute atomic E-state index is 0.0939. The van der Waals surface area contributed by atoms with Crippen molar-refractivity contribution in [2.24, 2.45) is 0 Å². The molecule has 1 aromatic heterocycles. The number of hydrogen-bond donors (Lipinski definition) is 5. The molecule has 0 aliphatic heterocycles. The number of rotatable bonds is 12. The third kappa shape index (κ3) is 9.09. The number of hydrogen-bond acceptors (Lipinski definition) is 5. The van der Waals surface area contributed by atoms with Crippen molar-refractivity contribution in [3.63, 3.8) is 0 Å². The number of aliphatic carboxylic acids is 1. The maximum atomic E-state index is 14.0. The van der Waals surface area contributed by atoms with Crippen molar-refractivity contribution in [3.05, 3.63) is 102 Å². The number of carbonyl (C=O) groups excluding carboxylic acids is 1. The zero-order valence-electron chi connectivity index (χ0n) is 25.6. The number of nitrogens with one attached hydrogen (secondary N) is 2. The minimum Gasteiger partial charge on any atom is -0.481 e. The molecule has 0 unspecified atom stereocenters. The summed E-state index contributed by atoms with van der Waals surface area (Å²) in [6.07, 6.45) is -2.51. The molecular formula is C35H42FN3O5. The van der Waals surface area contributed by atoms with Crippen LogP contribution in [0.4, 0.5) is 10.1 Å². The van der Waals surface area contributed by atoms with Crippen molar-refractivity contribution in [2.45, 2.75) is 57.8 Å². The van der Waals surface area contributed by atoms with Crippen molar-refractivity contribution >= 4 is 17.6 Å². The van der Waals surface area contributed by atoms with Crippen LogP contribution in [0.25, 0.3) is 22.4 Å². The van der Waals surface area contributed by atoms with Gasteiger partial charge in [-0.25, -0.2) is 4.39 Å². The number of carboxylic acid groups (broad SMARTS) is 1. The summed E-state index contributed by atoms with van der Waals surface area (Å²) >= 11 is 0. The maximum Gasteiger partial charge on any atom is 0.305 e. The molecule has 1 heterocycles. The van der Waals surface area contributed by atoms with Gasteiger partial charge in [-0.2, -0.15) is 0 Å². The van der Waals surface area contributed by atoms with Gasteiger partial charge in [0.2, 0.25) is 0 Å². The Labute approximate surface area is 258 Å².